The number of piperidine rings is 1. The third-order valence-corrected chi connectivity index (χ3v) is 6.86. The van der Waals surface area contributed by atoms with Gasteiger partial charge < -0.3 is 14.7 Å². The minimum absolute atomic E-state index is 0.0681. The molecule has 0 bridgehead atoms. The number of amides is 1. The molecule has 1 aromatic rings. The van der Waals surface area contributed by atoms with Crippen LogP contribution in [0.5, 0.6) is 0 Å². The number of carbonyl (C=O) groups is 2. The second-order valence-electron chi connectivity index (χ2n) is 9.29. The van der Waals surface area contributed by atoms with Crippen LogP contribution < -0.4 is 0 Å². The van der Waals surface area contributed by atoms with Crippen molar-refractivity contribution in [2.24, 2.45) is 11.8 Å². The molecular weight excluding hydrogens is 441 g/mol. The first-order valence-corrected chi connectivity index (χ1v) is 11.3. The molecule has 11 heteroatoms. The lowest BCUT2D eigenvalue weighted by Crippen LogP contribution is -2.72. The Balaban J connectivity index is 0.000000383. The number of likely N-dealkylation sites (N-methyl/N-ethyl adjacent to an activating group) is 1. The van der Waals surface area contributed by atoms with Crippen molar-refractivity contribution in [3.63, 3.8) is 0 Å². The van der Waals surface area contributed by atoms with Gasteiger partial charge in [-0.15, -0.1) is 0 Å². The maximum atomic E-state index is 12.6. The maximum Gasteiger partial charge on any atom is 0.490 e. The average Bonchev–Trinajstić information content (AvgIpc) is 3.27. The number of likely N-dealkylation sites (tertiary alicyclic amines) is 2. The molecule has 1 spiro atoms. The number of ether oxygens (including phenoxy) is 1. The van der Waals surface area contributed by atoms with Gasteiger partial charge in [-0.05, 0) is 57.2 Å². The Hall–Kier alpha value is -2.27. The number of carboxylic acid groups (broad SMARTS) is 1. The highest BCUT2D eigenvalue weighted by Gasteiger charge is 2.51. The zero-order valence-electron chi connectivity index (χ0n) is 18.8. The summed E-state index contributed by atoms with van der Waals surface area (Å²) in [5.41, 5.74) is 0.764. The van der Waals surface area contributed by atoms with E-state index >= 15 is 0 Å². The molecule has 8 nitrogen and oxygen atoms in total. The lowest BCUT2D eigenvalue weighted by atomic mass is 9.75. The third kappa shape index (κ3) is 6.63. The first-order chi connectivity index (χ1) is 15.6. The molecule has 3 heterocycles. The Kier molecular flexibility index (Phi) is 8.28. The third-order valence-electron chi connectivity index (χ3n) is 6.86. The van der Waals surface area contributed by atoms with Crippen molar-refractivity contribution in [1.29, 1.82) is 0 Å². The van der Waals surface area contributed by atoms with E-state index in [9.17, 15) is 18.0 Å². The zero-order valence-corrected chi connectivity index (χ0v) is 18.8. The minimum Gasteiger partial charge on any atom is -0.475 e. The highest BCUT2D eigenvalue weighted by Crippen LogP contribution is 2.39. The van der Waals surface area contributed by atoms with Gasteiger partial charge in [0.15, 0.2) is 0 Å². The van der Waals surface area contributed by atoms with Crippen molar-refractivity contribution in [2.45, 2.75) is 50.2 Å². The number of hydrogen-bond acceptors (Lipinski definition) is 6. The Morgan fingerprint density at radius 3 is 2.36 bits per heavy atom. The molecule has 184 valence electrons. The van der Waals surface area contributed by atoms with Gasteiger partial charge in [-0.1, -0.05) is 12.8 Å². The summed E-state index contributed by atoms with van der Waals surface area (Å²) in [6.07, 6.45) is 5.82. The van der Waals surface area contributed by atoms with Crippen LogP contribution in [-0.4, -0.2) is 88.6 Å². The molecule has 1 N–H and O–H groups in total. The van der Waals surface area contributed by atoms with Crippen molar-refractivity contribution in [1.82, 2.24) is 20.0 Å². The number of carboxylic acids is 1. The molecule has 1 aromatic heterocycles. The van der Waals surface area contributed by atoms with Crippen LogP contribution in [0.1, 0.15) is 48.9 Å². The molecule has 4 rings (SSSR count). The van der Waals surface area contributed by atoms with Crippen LogP contribution in [0, 0.1) is 11.8 Å². The van der Waals surface area contributed by atoms with Gasteiger partial charge in [-0.25, -0.2) is 4.79 Å². The Labute approximate surface area is 191 Å². The second kappa shape index (κ2) is 10.8. The van der Waals surface area contributed by atoms with Gasteiger partial charge in [-0.3, -0.25) is 9.69 Å². The van der Waals surface area contributed by atoms with E-state index in [4.69, 9.17) is 14.6 Å². The van der Waals surface area contributed by atoms with E-state index in [1.165, 1.54) is 32.1 Å². The van der Waals surface area contributed by atoms with E-state index in [0.717, 1.165) is 45.2 Å². The van der Waals surface area contributed by atoms with Crippen LogP contribution in [0.4, 0.5) is 13.2 Å². The summed E-state index contributed by atoms with van der Waals surface area (Å²) in [4.78, 5) is 25.9. The number of aromatic nitrogens is 2. The van der Waals surface area contributed by atoms with Crippen molar-refractivity contribution in [3.05, 3.63) is 24.0 Å². The van der Waals surface area contributed by atoms with E-state index in [1.807, 2.05) is 4.90 Å². The number of rotatable bonds is 5. The maximum absolute atomic E-state index is 12.6. The molecule has 1 amide bonds. The van der Waals surface area contributed by atoms with Crippen LogP contribution >= 0.6 is 0 Å². The summed E-state index contributed by atoms with van der Waals surface area (Å²) in [6.45, 7) is 4.54. The Morgan fingerprint density at radius 2 is 1.79 bits per heavy atom. The molecule has 0 aromatic carbocycles. The van der Waals surface area contributed by atoms with Gasteiger partial charge in [0.25, 0.3) is 5.91 Å². The number of halogens is 3. The molecule has 2 aliphatic heterocycles. The lowest BCUT2D eigenvalue weighted by molar-refractivity contribution is -0.192. The number of aliphatic carboxylic acids is 1. The van der Waals surface area contributed by atoms with Crippen LogP contribution in [0.15, 0.2) is 18.5 Å². The van der Waals surface area contributed by atoms with Gasteiger partial charge in [0, 0.05) is 26.3 Å². The Bertz CT molecular complexity index is 797. The molecule has 1 saturated carbocycles. The van der Waals surface area contributed by atoms with Crippen LogP contribution in [0.2, 0.25) is 0 Å². The summed E-state index contributed by atoms with van der Waals surface area (Å²) in [5, 5.41) is 14.7. The Morgan fingerprint density at radius 1 is 1.15 bits per heavy atom. The fraction of sp³-hybridized carbons (Fsp3) is 0.727. The molecule has 0 radical (unpaired) electrons. The number of alkyl halides is 3. The zero-order chi connectivity index (χ0) is 24.1. The predicted octanol–water partition coefficient (Wildman–Crippen LogP) is 2.85. The summed E-state index contributed by atoms with van der Waals surface area (Å²) in [7, 11) is 2.20. The molecule has 3 aliphatic rings. The predicted molar refractivity (Wildman–Crippen MR) is 112 cm³/mol. The van der Waals surface area contributed by atoms with Crippen LogP contribution in [0.3, 0.4) is 0 Å². The summed E-state index contributed by atoms with van der Waals surface area (Å²) < 4.78 is 37.8. The topological polar surface area (TPSA) is 95.9 Å². The average molecular weight is 473 g/mol. The van der Waals surface area contributed by atoms with E-state index in [2.05, 4.69) is 22.1 Å². The molecule has 1 aliphatic carbocycles. The van der Waals surface area contributed by atoms with Crippen molar-refractivity contribution in [2.75, 3.05) is 39.9 Å². The highest BCUT2D eigenvalue weighted by molar-refractivity contribution is 5.94. The largest absolute Gasteiger partial charge is 0.490 e. The second-order valence-corrected chi connectivity index (χ2v) is 9.29. The molecule has 1 atom stereocenters. The van der Waals surface area contributed by atoms with E-state index in [1.54, 1.807) is 18.5 Å². The smallest absolute Gasteiger partial charge is 0.475 e. The highest BCUT2D eigenvalue weighted by atomic mass is 19.4. The van der Waals surface area contributed by atoms with Crippen molar-refractivity contribution < 1.29 is 32.6 Å². The fourth-order valence-electron chi connectivity index (χ4n) is 4.91. The molecule has 3 fully saturated rings. The van der Waals surface area contributed by atoms with Crippen LogP contribution in [-0.2, 0) is 9.53 Å². The first kappa shape index (κ1) is 25.4. The quantitative estimate of drug-likeness (QED) is 0.704. The normalized spacial score (nSPS) is 23.0. The van der Waals surface area contributed by atoms with Gasteiger partial charge in [0.05, 0.1) is 23.5 Å². The van der Waals surface area contributed by atoms with Gasteiger partial charge in [-0.2, -0.15) is 23.4 Å². The van der Waals surface area contributed by atoms with Gasteiger partial charge >= 0.3 is 12.1 Å². The number of carbonyl (C=O) groups excluding carboxylic acids is 1. The summed E-state index contributed by atoms with van der Waals surface area (Å²) >= 11 is 0. The van der Waals surface area contributed by atoms with E-state index < -0.39 is 12.1 Å². The molecule has 2 saturated heterocycles. The van der Waals surface area contributed by atoms with Gasteiger partial charge in [0.2, 0.25) is 0 Å². The van der Waals surface area contributed by atoms with Gasteiger partial charge in [0.1, 0.15) is 0 Å². The lowest BCUT2D eigenvalue weighted by Gasteiger charge is -2.58. The monoisotopic (exact) mass is 472 g/mol. The number of hydrogen-bond donors (Lipinski definition) is 1. The first-order valence-electron chi connectivity index (χ1n) is 11.3. The fourth-order valence-corrected chi connectivity index (χ4v) is 4.91. The molecule has 33 heavy (non-hydrogen) atoms. The summed E-state index contributed by atoms with van der Waals surface area (Å²) in [5.74, 6) is -1.28. The SMILES string of the molecule is CN1CCC(COCC2CCCC2)CC12CN(C(=O)c1ccnnc1)C2.O=C(O)C(F)(F)F. The van der Waals surface area contributed by atoms with E-state index in [-0.39, 0.29) is 11.4 Å². The van der Waals surface area contributed by atoms with Crippen molar-refractivity contribution in [3.8, 4) is 0 Å². The van der Waals surface area contributed by atoms with E-state index in [0.29, 0.717) is 11.5 Å². The van der Waals surface area contributed by atoms with Crippen molar-refractivity contribution >= 4 is 11.9 Å². The minimum atomic E-state index is -5.08. The summed E-state index contributed by atoms with van der Waals surface area (Å²) in [6, 6.07) is 1.74. The van der Waals surface area contributed by atoms with Crippen LogP contribution in [0.25, 0.3) is 0 Å². The molecular formula is C22H31F3N4O4. The standard InChI is InChI=1S/C20H30N4O2.C2HF3O2/c1-23-9-7-17(13-26-12-16-4-2-3-5-16)10-20(23)14-24(15-20)19(25)18-6-8-21-22-11-18;3-2(4,5)1(6)7/h6,8,11,16-17H,2-5,7,9-10,12-15H2,1H3;(H,6,7). The molecule has 1 unspecified atom stereocenters. The number of nitrogens with zero attached hydrogens (tertiary/aromatic N) is 4.